The molecule has 0 aliphatic heterocycles. The lowest BCUT2D eigenvalue weighted by Gasteiger charge is -2.19. The van der Waals surface area contributed by atoms with Gasteiger partial charge in [-0.2, -0.15) is 17.6 Å². The lowest BCUT2D eigenvalue weighted by Crippen LogP contribution is -2.22. The third-order valence-electron chi connectivity index (χ3n) is 4.15. The number of rotatable bonds is 6. The highest BCUT2D eigenvalue weighted by atomic mass is 35.5. The van der Waals surface area contributed by atoms with Crippen LogP contribution in [0.2, 0.25) is 5.02 Å². The van der Waals surface area contributed by atoms with Crippen LogP contribution in [-0.4, -0.2) is 37.5 Å². The van der Waals surface area contributed by atoms with Gasteiger partial charge in [0.25, 0.3) is 0 Å². The Balaban J connectivity index is 2.52. The summed E-state index contributed by atoms with van der Waals surface area (Å²) in [4.78, 5) is 3.94. The van der Waals surface area contributed by atoms with E-state index in [0.717, 1.165) is 12.1 Å². The Bertz CT molecular complexity index is 1050. The monoisotopic (exact) mass is 494 g/mol. The van der Waals surface area contributed by atoms with Crippen molar-refractivity contribution in [3.63, 3.8) is 0 Å². The van der Waals surface area contributed by atoms with Gasteiger partial charge in [-0.25, -0.2) is 13.6 Å². The predicted octanol–water partition coefficient (Wildman–Crippen LogP) is 5.75. The van der Waals surface area contributed by atoms with Crippen molar-refractivity contribution in [1.82, 2.24) is 4.98 Å². The number of nitrogens with zero attached hydrogens (tertiary/aromatic N) is 2. The zero-order valence-electron chi connectivity index (χ0n) is 18.1. The first-order valence-electron chi connectivity index (χ1n) is 9.42. The molecule has 0 bridgehead atoms. The van der Waals surface area contributed by atoms with Crippen molar-refractivity contribution in [2.24, 2.45) is 4.40 Å². The van der Waals surface area contributed by atoms with Crippen molar-refractivity contribution in [2.45, 2.75) is 51.6 Å². The summed E-state index contributed by atoms with van der Waals surface area (Å²) in [7, 11) is -1.52. The quantitative estimate of drug-likeness (QED) is 0.410. The second-order valence-corrected chi connectivity index (χ2v) is 10.4. The topological polar surface area (TPSA) is 71.8 Å². The molecule has 2 atom stereocenters. The highest BCUT2D eigenvalue weighted by Crippen LogP contribution is 2.38. The summed E-state index contributed by atoms with van der Waals surface area (Å²) >= 11 is 5.83. The number of aromatic nitrogens is 1. The van der Waals surface area contributed by atoms with Gasteiger partial charge in [0.1, 0.15) is 34.9 Å². The highest BCUT2D eigenvalue weighted by molar-refractivity contribution is 7.85. The third kappa shape index (κ3) is 6.49. The number of halogens is 5. The molecule has 11 heteroatoms. The molecular weight excluding hydrogens is 472 g/mol. The van der Waals surface area contributed by atoms with Crippen LogP contribution in [0.1, 0.15) is 45.1 Å². The standard InChI is InChI=1S/C21H23ClF4N2O3S/c1-11-8-16(19(29)21(24,25)26)27-17(13-6-7-15(23)14(22)9-13)18(11)31-10-12(2)28-32(30)20(3,4)5/h6-9,19,29H,10H2,1-5H3. The molecule has 0 amide bonds. The third-order valence-corrected chi connectivity index (χ3v) is 5.96. The fraction of sp³-hybridized carbons (Fsp3) is 0.429. The Morgan fingerprint density at radius 2 is 1.91 bits per heavy atom. The average Bonchev–Trinajstić information content (AvgIpc) is 2.66. The van der Waals surface area contributed by atoms with Gasteiger partial charge in [0.15, 0.2) is 6.10 Å². The first kappa shape index (κ1) is 26.2. The van der Waals surface area contributed by atoms with Crippen LogP contribution >= 0.6 is 11.6 Å². The molecule has 32 heavy (non-hydrogen) atoms. The first-order valence-corrected chi connectivity index (χ1v) is 10.9. The summed E-state index contributed by atoms with van der Waals surface area (Å²) in [6, 6.07) is 4.59. The van der Waals surface area contributed by atoms with E-state index in [2.05, 4.69) is 9.38 Å². The molecule has 0 aliphatic rings. The maximum Gasteiger partial charge on any atom is 0.420 e. The van der Waals surface area contributed by atoms with Crippen LogP contribution in [0.3, 0.4) is 0 Å². The van der Waals surface area contributed by atoms with Crippen LogP contribution in [-0.2, 0) is 11.0 Å². The SMILES string of the molecule is CC(COc1c(C)cc(C(O)C(F)(F)F)nc1-c1ccc(F)c(Cl)c1)=NS(=O)C(C)(C)C. The minimum Gasteiger partial charge on any atom is -0.485 e. The van der Waals surface area contributed by atoms with E-state index < -0.39 is 39.5 Å². The second-order valence-electron chi connectivity index (χ2n) is 8.09. The summed E-state index contributed by atoms with van der Waals surface area (Å²) in [5, 5.41) is 9.41. The van der Waals surface area contributed by atoms with Crippen LogP contribution < -0.4 is 4.74 Å². The number of alkyl halides is 3. The molecule has 176 valence electrons. The molecule has 0 spiro atoms. The summed E-state index contributed by atoms with van der Waals surface area (Å²) in [5.41, 5.74) is 0.129. The Morgan fingerprint density at radius 1 is 1.28 bits per heavy atom. The zero-order chi connectivity index (χ0) is 24.4. The van der Waals surface area contributed by atoms with E-state index in [1.807, 2.05) is 0 Å². The first-order chi connectivity index (χ1) is 14.6. The smallest absolute Gasteiger partial charge is 0.420 e. The fourth-order valence-corrected chi connectivity index (χ4v) is 3.29. The average molecular weight is 495 g/mol. The van der Waals surface area contributed by atoms with Gasteiger partial charge in [0.2, 0.25) is 0 Å². The van der Waals surface area contributed by atoms with Gasteiger partial charge in [-0.3, -0.25) is 0 Å². The Kier molecular flexibility index (Phi) is 8.06. The van der Waals surface area contributed by atoms with Crippen LogP contribution in [0.25, 0.3) is 11.3 Å². The minimum absolute atomic E-state index is 0.0602. The van der Waals surface area contributed by atoms with E-state index in [1.54, 1.807) is 27.7 Å². The molecule has 5 nitrogen and oxygen atoms in total. The molecule has 1 aromatic carbocycles. The van der Waals surface area contributed by atoms with E-state index in [9.17, 15) is 26.9 Å². The lowest BCUT2D eigenvalue weighted by atomic mass is 10.0. The molecule has 1 aromatic heterocycles. The normalized spacial score (nSPS) is 14.9. The summed E-state index contributed by atoms with van der Waals surface area (Å²) < 4.78 is 74.2. The molecule has 2 rings (SSSR count). The molecule has 1 N–H and O–H groups in total. The van der Waals surface area contributed by atoms with Crippen molar-refractivity contribution < 1.29 is 31.6 Å². The number of pyridine rings is 1. The summed E-state index contributed by atoms with van der Waals surface area (Å²) in [6.07, 6.45) is -7.75. The van der Waals surface area contributed by atoms with Crippen molar-refractivity contribution in [1.29, 1.82) is 0 Å². The number of benzene rings is 1. The number of aliphatic hydroxyl groups excluding tert-OH is 1. The summed E-state index contributed by atoms with van der Waals surface area (Å²) in [6.45, 7) is 8.25. The molecule has 0 saturated carbocycles. The van der Waals surface area contributed by atoms with Crippen LogP contribution in [0.5, 0.6) is 5.75 Å². The molecular formula is C21H23ClF4N2O3S. The van der Waals surface area contributed by atoms with Crippen molar-refractivity contribution in [3.05, 3.63) is 46.4 Å². The molecule has 0 radical (unpaired) electrons. The molecule has 2 aromatic rings. The van der Waals surface area contributed by atoms with Crippen molar-refractivity contribution >= 4 is 28.3 Å². The molecule has 0 aliphatic carbocycles. The number of aryl methyl sites for hydroxylation is 1. The van der Waals surface area contributed by atoms with E-state index in [0.29, 0.717) is 5.71 Å². The van der Waals surface area contributed by atoms with Gasteiger partial charge in [-0.05, 0) is 64.4 Å². The number of ether oxygens (including phenoxy) is 1. The summed E-state index contributed by atoms with van der Waals surface area (Å²) in [5.74, 6) is -0.615. The van der Waals surface area contributed by atoms with Gasteiger partial charge in [0.05, 0.1) is 21.2 Å². The van der Waals surface area contributed by atoms with Crippen LogP contribution in [0, 0.1) is 12.7 Å². The highest BCUT2D eigenvalue weighted by Gasteiger charge is 2.41. The predicted molar refractivity (Wildman–Crippen MR) is 117 cm³/mol. The van der Waals surface area contributed by atoms with E-state index in [1.165, 1.54) is 19.1 Å². The lowest BCUT2D eigenvalue weighted by molar-refractivity contribution is -0.207. The maximum absolute atomic E-state index is 13.6. The van der Waals surface area contributed by atoms with E-state index in [4.69, 9.17) is 16.3 Å². The van der Waals surface area contributed by atoms with Crippen molar-refractivity contribution in [3.8, 4) is 17.0 Å². The number of hydrogen-bond donors (Lipinski definition) is 1. The van der Waals surface area contributed by atoms with Crippen molar-refractivity contribution in [2.75, 3.05) is 6.61 Å². The van der Waals surface area contributed by atoms with Gasteiger partial charge < -0.3 is 9.84 Å². The van der Waals surface area contributed by atoms with E-state index in [-0.39, 0.29) is 34.2 Å². The Hall–Kier alpha value is -2.04. The van der Waals surface area contributed by atoms with Gasteiger partial charge in [-0.1, -0.05) is 11.6 Å². The Labute approximate surface area is 191 Å². The van der Waals surface area contributed by atoms with Crippen LogP contribution in [0.15, 0.2) is 28.7 Å². The minimum atomic E-state index is -4.93. The molecule has 0 fully saturated rings. The van der Waals surface area contributed by atoms with Crippen LogP contribution in [0.4, 0.5) is 17.6 Å². The molecule has 0 saturated heterocycles. The maximum atomic E-state index is 13.6. The Morgan fingerprint density at radius 3 is 2.44 bits per heavy atom. The van der Waals surface area contributed by atoms with Gasteiger partial charge >= 0.3 is 6.18 Å². The van der Waals surface area contributed by atoms with Gasteiger partial charge in [-0.15, -0.1) is 0 Å². The fourth-order valence-electron chi connectivity index (χ4n) is 2.50. The zero-order valence-corrected chi connectivity index (χ0v) is 19.6. The number of aliphatic hydroxyl groups is 1. The number of hydrogen-bond acceptors (Lipinski definition) is 4. The van der Waals surface area contributed by atoms with E-state index >= 15 is 0 Å². The largest absolute Gasteiger partial charge is 0.485 e. The van der Waals surface area contributed by atoms with Gasteiger partial charge in [0, 0.05) is 5.56 Å². The molecule has 1 heterocycles. The molecule has 2 unspecified atom stereocenters. The second kappa shape index (κ2) is 9.84.